The molecule has 0 saturated carbocycles. The average Bonchev–Trinajstić information content (AvgIpc) is 2.66. The zero-order chi connectivity index (χ0) is 6.85. The quantitative estimate of drug-likeness (QED) is 0.501. The summed E-state index contributed by atoms with van der Waals surface area (Å²) in [5, 5.41) is 0. The molecular weight excluding hydrogens is 118 g/mol. The molecule has 1 atom stereocenters. The molecule has 50 valence electrons. The number of carbonyl (C=O) groups is 1. The molecule has 0 aromatic rings. The smallest absolute Gasteiger partial charge is 0.328 e. The van der Waals surface area contributed by atoms with Gasteiger partial charge in [0.25, 0.3) is 0 Å². The predicted octanol–water partition coefficient (Wildman–Crippen LogP) is 0.335. The topological polar surface area (TPSA) is 29.3 Å². The number of carbonyl (C=O) groups excluding carboxylic acids is 1. The van der Waals surface area contributed by atoms with Gasteiger partial charge in [-0.2, -0.15) is 0 Å². The van der Waals surface area contributed by atoms with Crippen LogP contribution in [0.3, 0.4) is 0 Å². The SMILES string of the molecule is COC(=O)C(C)N1C=C1. The van der Waals surface area contributed by atoms with Crippen molar-refractivity contribution in [3.05, 3.63) is 12.4 Å². The molecule has 0 aromatic heterocycles. The van der Waals surface area contributed by atoms with Gasteiger partial charge in [0.15, 0.2) is 0 Å². The molecule has 9 heavy (non-hydrogen) atoms. The highest BCUT2D eigenvalue weighted by Gasteiger charge is 2.22. The first kappa shape index (κ1) is 6.13. The van der Waals surface area contributed by atoms with Crippen molar-refractivity contribution < 1.29 is 9.53 Å². The second-order valence-corrected chi connectivity index (χ2v) is 1.94. The summed E-state index contributed by atoms with van der Waals surface area (Å²) in [6.45, 7) is 1.80. The number of rotatable bonds is 2. The molecule has 0 aliphatic carbocycles. The Labute approximate surface area is 53.9 Å². The third-order valence-electron chi connectivity index (χ3n) is 1.31. The third kappa shape index (κ3) is 1.22. The monoisotopic (exact) mass is 127 g/mol. The van der Waals surface area contributed by atoms with Gasteiger partial charge in [0.2, 0.25) is 0 Å². The van der Waals surface area contributed by atoms with Crippen LogP contribution in [0.4, 0.5) is 0 Å². The molecule has 0 aromatic carbocycles. The molecule has 0 radical (unpaired) electrons. The first-order chi connectivity index (χ1) is 4.25. The molecule has 3 nitrogen and oxygen atoms in total. The van der Waals surface area contributed by atoms with E-state index in [0.717, 1.165) is 0 Å². The lowest BCUT2D eigenvalue weighted by Gasteiger charge is -2.09. The summed E-state index contributed by atoms with van der Waals surface area (Å²) in [5.41, 5.74) is 0. The number of hydrogen-bond acceptors (Lipinski definition) is 3. The molecule has 1 aliphatic rings. The number of esters is 1. The summed E-state index contributed by atoms with van der Waals surface area (Å²) < 4.78 is 4.49. The van der Waals surface area contributed by atoms with Crippen LogP contribution in [-0.2, 0) is 9.53 Å². The first-order valence-corrected chi connectivity index (χ1v) is 2.79. The molecule has 0 spiro atoms. The van der Waals surface area contributed by atoms with Gasteiger partial charge in [-0.25, -0.2) is 4.79 Å². The molecule has 0 amide bonds. The van der Waals surface area contributed by atoms with E-state index in [-0.39, 0.29) is 12.0 Å². The van der Waals surface area contributed by atoms with Crippen LogP contribution < -0.4 is 0 Å². The van der Waals surface area contributed by atoms with Gasteiger partial charge in [-0.05, 0) is 6.92 Å². The maximum Gasteiger partial charge on any atom is 0.328 e. The second-order valence-electron chi connectivity index (χ2n) is 1.94. The van der Waals surface area contributed by atoms with Crippen molar-refractivity contribution in [3.63, 3.8) is 0 Å². The minimum absolute atomic E-state index is 0.144. The van der Waals surface area contributed by atoms with Gasteiger partial charge in [-0.3, -0.25) is 0 Å². The van der Waals surface area contributed by atoms with Crippen LogP contribution in [0.15, 0.2) is 12.4 Å². The zero-order valence-electron chi connectivity index (χ0n) is 5.50. The van der Waals surface area contributed by atoms with Crippen molar-refractivity contribution in [3.8, 4) is 0 Å². The maximum atomic E-state index is 10.7. The highest BCUT2D eigenvalue weighted by atomic mass is 16.5. The Morgan fingerprint density at radius 3 is 2.56 bits per heavy atom. The number of methoxy groups -OCH3 is 1. The lowest BCUT2D eigenvalue weighted by atomic mass is 10.3. The van der Waals surface area contributed by atoms with E-state index < -0.39 is 0 Å². The maximum absolute atomic E-state index is 10.7. The molecule has 1 aliphatic heterocycles. The highest BCUT2D eigenvalue weighted by molar-refractivity contribution is 5.76. The van der Waals surface area contributed by atoms with E-state index in [4.69, 9.17) is 0 Å². The summed E-state index contributed by atoms with van der Waals surface area (Å²) in [6.07, 6.45) is 3.67. The Morgan fingerprint density at radius 1 is 1.67 bits per heavy atom. The van der Waals surface area contributed by atoms with Crippen LogP contribution in [0.2, 0.25) is 0 Å². The van der Waals surface area contributed by atoms with Crippen LogP contribution in [-0.4, -0.2) is 24.0 Å². The van der Waals surface area contributed by atoms with Crippen LogP contribution in [0.1, 0.15) is 6.92 Å². The van der Waals surface area contributed by atoms with E-state index in [0.29, 0.717) is 0 Å². The van der Waals surface area contributed by atoms with Crippen molar-refractivity contribution in [1.82, 2.24) is 4.90 Å². The summed E-state index contributed by atoms with van der Waals surface area (Å²) in [6, 6.07) is -0.144. The standard InChI is InChI=1S/C6H9NO2/c1-5(6(8)9-2)7-3-4-7/h3-5H,1-2H3. The Morgan fingerprint density at radius 2 is 2.22 bits per heavy atom. The van der Waals surface area contributed by atoms with Gasteiger partial charge < -0.3 is 9.64 Å². The fraction of sp³-hybridized carbons (Fsp3) is 0.500. The largest absolute Gasteiger partial charge is 0.467 e. The van der Waals surface area contributed by atoms with Gasteiger partial charge in [-0.15, -0.1) is 0 Å². The Balaban J connectivity index is 2.31. The van der Waals surface area contributed by atoms with E-state index >= 15 is 0 Å². The molecule has 0 fully saturated rings. The van der Waals surface area contributed by atoms with Crippen LogP contribution in [0.5, 0.6) is 0 Å². The number of ether oxygens (including phenoxy) is 1. The van der Waals surface area contributed by atoms with E-state index in [9.17, 15) is 4.79 Å². The van der Waals surface area contributed by atoms with E-state index in [1.807, 2.05) is 12.4 Å². The van der Waals surface area contributed by atoms with Crippen molar-refractivity contribution in [2.45, 2.75) is 13.0 Å². The molecule has 1 heterocycles. The fourth-order valence-corrected chi connectivity index (χ4v) is 0.589. The minimum atomic E-state index is -0.194. The van der Waals surface area contributed by atoms with Crippen LogP contribution in [0.25, 0.3) is 0 Å². The van der Waals surface area contributed by atoms with Crippen molar-refractivity contribution in [2.75, 3.05) is 7.11 Å². The van der Waals surface area contributed by atoms with Gasteiger partial charge in [0.1, 0.15) is 6.04 Å². The molecule has 1 unspecified atom stereocenters. The number of nitrogens with zero attached hydrogens (tertiary/aromatic N) is 1. The highest BCUT2D eigenvalue weighted by Crippen LogP contribution is 2.12. The lowest BCUT2D eigenvalue weighted by Crippen LogP contribution is -2.26. The molecule has 3 heteroatoms. The van der Waals surface area contributed by atoms with Gasteiger partial charge in [0, 0.05) is 12.4 Å². The predicted molar refractivity (Wildman–Crippen MR) is 32.5 cm³/mol. The van der Waals surface area contributed by atoms with E-state index in [2.05, 4.69) is 4.74 Å². The van der Waals surface area contributed by atoms with Crippen LogP contribution in [0, 0.1) is 0 Å². The van der Waals surface area contributed by atoms with E-state index in [1.165, 1.54) is 7.11 Å². The summed E-state index contributed by atoms with van der Waals surface area (Å²) in [5.74, 6) is -0.194. The first-order valence-electron chi connectivity index (χ1n) is 2.79. The Kier molecular flexibility index (Phi) is 1.42. The van der Waals surface area contributed by atoms with Gasteiger partial charge in [-0.1, -0.05) is 0 Å². The molecule has 0 N–H and O–H groups in total. The number of hydrogen-bond donors (Lipinski definition) is 0. The van der Waals surface area contributed by atoms with E-state index in [1.54, 1.807) is 11.8 Å². The van der Waals surface area contributed by atoms with Crippen molar-refractivity contribution >= 4 is 5.97 Å². The van der Waals surface area contributed by atoms with Crippen molar-refractivity contribution in [1.29, 1.82) is 0 Å². The lowest BCUT2D eigenvalue weighted by molar-refractivity contribution is -0.143. The minimum Gasteiger partial charge on any atom is -0.467 e. The summed E-state index contributed by atoms with van der Waals surface area (Å²) in [4.78, 5) is 12.5. The Hall–Kier alpha value is -0.990. The van der Waals surface area contributed by atoms with Crippen LogP contribution >= 0.6 is 0 Å². The van der Waals surface area contributed by atoms with Gasteiger partial charge in [0.05, 0.1) is 7.11 Å². The molecule has 1 rings (SSSR count). The zero-order valence-corrected chi connectivity index (χ0v) is 5.50. The molecule has 0 bridgehead atoms. The normalized spacial score (nSPS) is 17.3. The third-order valence-corrected chi connectivity index (χ3v) is 1.31. The second kappa shape index (κ2) is 2.09. The summed E-state index contributed by atoms with van der Waals surface area (Å²) >= 11 is 0. The van der Waals surface area contributed by atoms with Gasteiger partial charge >= 0.3 is 5.97 Å². The average molecular weight is 127 g/mol. The Bertz CT molecular complexity index is 147. The fourth-order valence-electron chi connectivity index (χ4n) is 0.589. The molecular formula is C6H9NO2. The molecule has 0 saturated heterocycles. The summed E-state index contributed by atoms with van der Waals surface area (Å²) in [7, 11) is 1.39. The van der Waals surface area contributed by atoms with Crippen molar-refractivity contribution in [2.24, 2.45) is 0 Å².